The van der Waals surface area contributed by atoms with Gasteiger partial charge in [-0.25, -0.2) is 4.98 Å². The normalized spacial score (nSPS) is 10.6. The van der Waals surface area contributed by atoms with Gasteiger partial charge in [-0.2, -0.15) is 0 Å². The fourth-order valence-corrected chi connectivity index (χ4v) is 1.74. The average molecular weight is 225 g/mol. The fourth-order valence-electron chi connectivity index (χ4n) is 1.74. The molecule has 0 saturated heterocycles. The van der Waals surface area contributed by atoms with Crippen LogP contribution in [-0.2, 0) is 0 Å². The first-order valence-electron chi connectivity index (χ1n) is 5.37. The lowest BCUT2D eigenvalue weighted by Gasteiger charge is -1.95. The molecular formula is C14H11NO2. The van der Waals surface area contributed by atoms with E-state index in [1.54, 1.807) is 7.11 Å². The van der Waals surface area contributed by atoms with Crippen molar-refractivity contribution in [3.63, 3.8) is 0 Å². The number of fused-ring (bicyclic) bond motifs is 1. The van der Waals surface area contributed by atoms with Crippen molar-refractivity contribution < 1.29 is 9.15 Å². The van der Waals surface area contributed by atoms with E-state index in [9.17, 15) is 0 Å². The molecular weight excluding hydrogens is 214 g/mol. The van der Waals surface area contributed by atoms with E-state index in [1.165, 1.54) is 0 Å². The molecule has 0 bridgehead atoms. The van der Waals surface area contributed by atoms with Crippen molar-refractivity contribution in [1.82, 2.24) is 4.98 Å². The van der Waals surface area contributed by atoms with Gasteiger partial charge in [-0.15, -0.1) is 0 Å². The first-order chi connectivity index (χ1) is 8.36. The molecule has 3 rings (SSSR count). The van der Waals surface area contributed by atoms with Gasteiger partial charge in [-0.1, -0.05) is 18.2 Å². The Bertz CT molecular complexity index is 644. The van der Waals surface area contributed by atoms with E-state index in [0.29, 0.717) is 5.89 Å². The summed E-state index contributed by atoms with van der Waals surface area (Å²) in [5, 5.41) is 0. The molecule has 0 aliphatic carbocycles. The number of methoxy groups -OCH3 is 1. The molecule has 0 aliphatic rings. The molecule has 0 fully saturated rings. The second-order valence-electron chi connectivity index (χ2n) is 3.72. The summed E-state index contributed by atoms with van der Waals surface area (Å²) in [6, 6.07) is 15.4. The number of rotatable bonds is 2. The zero-order valence-corrected chi connectivity index (χ0v) is 9.38. The molecule has 0 amide bonds. The second kappa shape index (κ2) is 3.94. The van der Waals surface area contributed by atoms with Crippen molar-refractivity contribution in [3.8, 4) is 17.2 Å². The Balaban J connectivity index is 2.14. The number of oxazole rings is 1. The van der Waals surface area contributed by atoms with Gasteiger partial charge in [0.1, 0.15) is 11.3 Å². The topological polar surface area (TPSA) is 35.3 Å². The van der Waals surface area contributed by atoms with E-state index < -0.39 is 0 Å². The van der Waals surface area contributed by atoms with Crippen LogP contribution >= 0.6 is 0 Å². The van der Waals surface area contributed by atoms with E-state index in [1.807, 2.05) is 48.5 Å². The molecule has 3 heteroatoms. The highest BCUT2D eigenvalue weighted by Crippen LogP contribution is 2.26. The SMILES string of the molecule is COc1ccc2oc(-c3ccccc3)nc2c1. The predicted octanol–water partition coefficient (Wildman–Crippen LogP) is 3.50. The first kappa shape index (κ1) is 9.90. The minimum Gasteiger partial charge on any atom is -0.497 e. The number of hydrogen-bond acceptors (Lipinski definition) is 3. The average Bonchev–Trinajstić information content (AvgIpc) is 2.82. The minimum absolute atomic E-state index is 0.633. The largest absolute Gasteiger partial charge is 0.497 e. The summed E-state index contributed by atoms with van der Waals surface area (Å²) in [5.41, 5.74) is 2.55. The van der Waals surface area contributed by atoms with Crippen LogP contribution in [0.1, 0.15) is 0 Å². The van der Waals surface area contributed by atoms with Crippen LogP contribution in [0, 0.1) is 0 Å². The lowest BCUT2D eigenvalue weighted by Crippen LogP contribution is -1.81. The minimum atomic E-state index is 0.633. The van der Waals surface area contributed by atoms with Crippen LogP contribution in [-0.4, -0.2) is 12.1 Å². The summed E-state index contributed by atoms with van der Waals surface area (Å²) < 4.78 is 10.8. The van der Waals surface area contributed by atoms with Crippen LogP contribution < -0.4 is 4.74 Å². The lowest BCUT2D eigenvalue weighted by atomic mass is 10.2. The third kappa shape index (κ3) is 1.76. The van der Waals surface area contributed by atoms with Crippen molar-refractivity contribution >= 4 is 11.1 Å². The molecule has 0 N–H and O–H groups in total. The van der Waals surface area contributed by atoms with Gasteiger partial charge < -0.3 is 9.15 Å². The number of ether oxygens (including phenoxy) is 1. The van der Waals surface area contributed by atoms with Crippen LogP contribution in [0.15, 0.2) is 52.9 Å². The van der Waals surface area contributed by atoms with Crippen molar-refractivity contribution in [2.75, 3.05) is 7.11 Å². The standard InChI is InChI=1S/C14H11NO2/c1-16-11-7-8-13-12(9-11)15-14(17-13)10-5-3-2-4-6-10/h2-9H,1H3. The summed E-state index contributed by atoms with van der Waals surface area (Å²) in [4.78, 5) is 4.44. The van der Waals surface area contributed by atoms with Gasteiger partial charge in [0.2, 0.25) is 5.89 Å². The Hall–Kier alpha value is -2.29. The zero-order valence-electron chi connectivity index (χ0n) is 9.38. The maximum Gasteiger partial charge on any atom is 0.227 e. The summed E-state index contributed by atoms with van der Waals surface area (Å²) in [5.74, 6) is 1.42. The Morgan fingerprint density at radius 1 is 1.06 bits per heavy atom. The van der Waals surface area contributed by atoms with E-state index in [0.717, 1.165) is 22.4 Å². The summed E-state index contributed by atoms with van der Waals surface area (Å²) in [6.45, 7) is 0. The van der Waals surface area contributed by atoms with Gasteiger partial charge in [0.15, 0.2) is 5.58 Å². The molecule has 0 spiro atoms. The van der Waals surface area contributed by atoms with Crippen molar-refractivity contribution in [3.05, 3.63) is 48.5 Å². The Morgan fingerprint density at radius 2 is 1.88 bits per heavy atom. The Morgan fingerprint density at radius 3 is 2.65 bits per heavy atom. The zero-order chi connectivity index (χ0) is 11.7. The van der Waals surface area contributed by atoms with Crippen molar-refractivity contribution in [2.45, 2.75) is 0 Å². The van der Waals surface area contributed by atoms with Crippen LogP contribution in [0.3, 0.4) is 0 Å². The summed E-state index contributed by atoms with van der Waals surface area (Å²) in [6.07, 6.45) is 0. The second-order valence-corrected chi connectivity index (χ2v) is 3.72. The van der Waals surface area contributed by atoms with Crippen LogP contribution in [0.4, 0.5) is 0 Å². The van der Waals surface area contributed by atoms with Gasteiger partial charge >= 0.3 is 0 Å². The molecule has 0 saturated carbocycles. The number of aromatic nitrogens is 1. The maximum absolute atomic E-state index is 5.69. The molecule has 0 unspecified atom stereocenters. The highest BCUT2D eigenvalue weighted by Gasteiger charge is 2.08. The van der Waals surface area contributed by atoms with Crippen molar-refractivity contribution in [2.24, 2.45) is 0 Å². The fraction of sp³-hybridized carbons (Fsp3) is 0.0714. The predicted molar refractivity (Wildman–Crippen MR) is 66.0 cm³/mol. The number of hydrogen-bond donors (Lipinski definition) is 0. The Kier molecular flexibility index (Phi) is 2.29. The molecule has 0 atom stereocenters. The van der Waals surface area contributed by atoms with Crippen molar-refractivity contribution in [1.29, 1.82) is 0 Å². The van der Waals surface area contributed by atoms with E-state index >= 15 is 0 Å². The summed E-state index contributed by atoms with van der Waals surface area (Å²) in [7, 11) is 1.64. The molecule has 17 heavy (non-hydrogen) atoms. The molecule has 1 aromatic heterocycles. The van der Waals surface area contributed by atoms with E-state index in [2.05, 4.69) is 4.98 Å². The number of nitrogens with zero attached hydrogens (tertiary/aromatic N) is 1. The highest BCUT2D eigenvalue weighted by molar-refractivity contribution is 5.77. The monoisotopic (exact) mass is 225 g/mol. The third-order valence-corrected chi connectivity index (χ3v) is 2.62. The van der Waals surface area contributed by atoms with Crippen LogP contribution in [0.5, 0.6) is 5.75 Å². The first-order valence-corrected chi connectivity index (χ1v) is 5.37. The smallest absolute Gasteiger partial charge is 0.227 e. The van der Waals surface area contributed by atoms with E-state index in [-0.39, 0.29) is 0 Å². The third-order valence-electron chi connectivity index (χ3n) is 2.62. The van der Waals surface area contributed by atoms with Crippen LogP contribution in [0.25, 0.3) is 22.6 Å². The number of benzene rings is 2. The molecule has 3 nitrogen and oxygen atoms in total. The summed E-state index contributed by atoms with van der Waals surface area (Å²) >= 11 is 0. The van der Waals surface area contributed by atoms with E-state index in [4.69, 9.17) is 9.15 Å². The van der Waals surface area contributed by atoms with Gasteiger partial charge in [0.25, 0.3) is 0 Å². The molecule has 2 aromatic carbocycles. The van der Waals surface area contributed by atoms with Crippen LogP contribution in [0.2, 0.25) is 0 Å². The lowest BCUT2D eigenvalue weighted by molar-refractivity contribution is 0.415. The Labute approximate surface area is 98.7 Å². The molecule has 3 aromatic rings. The van der Waals surface area contributed by atoms with Gasteiger partial charge in [-0.05, 0) is 24.3 Å². The molecule has 84 valence electrons. The molecule has 0 radical (unpaired) electrons. The van der Waals surface area contributed by atoms with Gasteiger partial charge in [0, 0.05) is 11.6 Å². The highest BCUT2D eigenvalue weighted by atomic mass is 16.5. The molecule has 1 heterocycles. The molecule has 0 aliphatic heterocycles. The van der Waals surface area contributed by atoms with Gasteiger partial charge in [-0.3, -0.25) is 0 Å². The maximum atomic E-state index is 5.69. The quantitative estimate of drug-likeness (QED) is 0.669. The van der Waals surface area contributed by atoms with Gasteiger partial charge in [0.05, 0.1) is 7.11 Å².